The second kappa shape index (κ2) is 6.17. The predicted octanol–water partition coefficient (Wildman–Crippen LogP) is 7.51. The molecule has 0 aliphatic carbocycles. The van der Waals surface area contributed by atoms with E-state index in [0.717, 1.165) is 11.2 Å². The van der Waals surface area contributed by atoms with Crippen LogP contribution < -0.4 is 0 Å². The molecule has 0 spiro atoms. The summed E-state index contributed by atoms with van der Waals surface area (Å²) in [4.78, 5) is 5.25. The Morgan fingerprint density at radius 1 is 0.607 bits per heavy atom. The van der Waals surface area contributed by atoms with Crippen LogP contribution in [-0.4, -0.2) is 4.98 Å². The van der Waals surface area contributed by atoms with Gasteiger partial charge in [0.05, 0.1) is 11.2 Å². The van der Waals surface area contributed by atoms with Gasteiger partial charge < -0.3 is 0 Å². The molecule has 4 aromatic carbocycles. The lowest BCUT2D eigenvalue weighted by Gasteiger charge is -2.23. The van der Waals surface area contributed by atoms with Crippen LogP contribution in [-0.2, 0) is 5.41 Å². The maximum absolute atomic E-state index is 5.25. The first-order valence-corrected chi connectivity index (χ1v) is 9.83. The molecule has 0 saturated carbocycles. The fraction of sp³-hybridized carbons (Fsp3) is 0.148. The summed E-state index contributed by atoms with van der Waals surface area (Å²) in [5, 5.41) is 6.15. The van der Waals surface area contributed by atoms with Crippen molar-refractivity contribution >= 4 is 32.4 Å². The van der Waals surface area contributed by atoms with Gasteiger partial charge in [-0.2, -0.15) is 0 Å². The van der Waals surface area contributed by atoms with Crippen LogP contribution in [0.15, 0.2) is 84.9 Å². The minimum atomic E-state index is 0.00775. The van der Waals surface area contributed by atoms with Crippen LogP contribution in [0.3, 0.4) is 0 Å². The van der Waals surface area contributed by atoms with E-state index in [1.165, 1.54) is 38.1 Å². The van der Waals surface area contributed by atoms with E-state index in [1.807, 2.05) is 0 Å². The molecule has 5 aromatic rings. The van der Waals surface area contributed by atoms with Crippen molar-refractivity contribution in [2.75, 3.05) is 0 Å². The van der Waals surface area contributed by atoms with Crippen LogP contribution in [0, 0.1) is 0 Å². The van der Waals surface area contributed by atoms with Crippen molar-refractivity contribution in [2.24, 2.45) is 0 Å². The maximum atomic E-state index is 5.25. The number of rotatable bonds is 1. The topological polar surface area (TPSA) is 12.9 Å². The summed E-state index contributed by atoms with van der Waals surface area (Å²) in [6.45, 7) is 6.80. The standard InChI is InChI=1S/C27H23N/c1-27(2,3)24-17-22-15-13-19-9-6-7-11-23(19)25(22)28-26(24)21-14-12-18-8-4-5-10-20(18)16-21/h4-17H,1-3H3. The molecule has 0 atom stereocenters. The zero-order valence-corrected chi connectivity index (χ0v) is 16.5. The molecule has 0 aliphatic heterocycles. The van der Waals surface area contributed by atoms with Gasteiger partial charge in [0.15, 0.2) is 0 Å². The molecule has 0 radical (unpaired) electrons. The van der Waals surface area contributed by atoms with Gasteiger partial charge in [0.1, 0.15) is 0 Å². The molecule has 0 fully saturated rings. The van der Waals surface area contributed by atoms with Gasteiger partial charge in [-0.1, -0.05) is 93.6 Å². The van der Waals surface area contributed by atoms with Crippen LogP contribution in [0.25, 0.3) is 43.7 Å². The van der Waals surface area contributed by atoms with E-state index in [4.69, 9.17) is 4.98 Å². The number of hydrogen-bond acceptors (Lipinski definition) is 1. The number of benzene rings is 4. The molecule has 0 unspecified atom stereocenters. The Morgan fingerprint density at radius 3 is 2.04 bits per heavy atom. The van der Waals surface area contributed by atoms with Crippen LogP contribution in [0.5, 0.6) is 0 Å². The Kier molecular flexibility index (Phi) is 3.73. The van der Waals surface area contributed by atoms with Crippen LogP contribution in [0.1, 0.15) is 26.3 Å². The third-order valence-electron chi connectivity index (χ3n) is 5.54. The predicted molar refractivity (Wildman–Crippen MR) is 121 cm³/mol. The van der Waals surface area contributed by atoms with Crippen molar-refractivity contribution in [3.63, 3.8) is 0 Å². The Hall–Kier alpha value is -3.19. The molecule has 0 saturated heterocycles. The lowest BCUT2D eigenvalue weighted by Crippen LogP contribution is -2.14. The number of nitrogens with zero attached hydrogens (tertiary/aromatic N) is 1. The third-order valence-corrected chi connectivity index (χ3v) is 5.54. The molecular weight excluding hydrogens is 338 g/mol. The van der Waals surface area contributed by atoms with E-state index in [2.05, 4.69) is 106 Å². The second-order valence-electron chi connectivity index (χ2n) is 8.55. The molecule has 1 heteroatoms. The van der Waals surface area contributed by atoms with Gasteiger partial charge in [-0.05, 0) is 39.3 Å². The molecular formula is C27H23N. The Labute approximate surface area is 165 Å². The molecule has 0 bridgehead atoms. The number of pyridine rings is 1. The van der Waals surface area contributed by atoms with Gasteiger partial charge >= 0.3 is 0 Å². The molecule has 0 aliphatic rings. The van der Waals surface area contributed by atoms with Crippen LogP contribution >= 0.6 is 0 Å². The quantitative estimate of drug-likeness (QED) is 0.282. The highest BCUT2D eigenvalue weighted by molar-refractivity contribution is 6.06. The minimum absolute atomic E-state index is 0.00775. The molecule has 0 amide bonds. The number of aromatic nitrogens is 1. The normalized spacial score (nSPS) is 12.1. The minimum Gasteiger partial charge on any atom is -0.247 e. The largest absolute Gasteiger partial charge is 0.247 e. The molecule has 0 N–H and O–H groups in total. The summed E-state index contributed by atoms with van der Waals surface area (Å²) in [5.41, 5.74) is 4.63. The van der Waals surface area contributed by atoms with E-state index in [1.54, 1.807) is 0 Å². The summed E-state index contributed by atoms with van der Waals surface area (Å²) in [7, 11) is 0. The fourth-order valence-corrected chi connectivity index (χ4v) is 4.04. The zero-order chi connectivity index (χ0) is 19.3. The third kappa shape index (κ3) is 2.75. The molecule has 28 heavy (non-hydrogen) atoms. The van der Waals surface area contributed by atoms with E-state index in [9.17, 15) is 0 Å². The second-order valence-corrected chi connectivity index (χ2v) is 8.55. The van der Waals surface area contributed by atoms with Crippen molar-refractivity contribution in [2.45, 2.75) is 26.2 Å². The van der Waals surface area contributed by atoms with Crippen molar-refractivity contribution in [3.8, 4) is 11.3 Å². The Morgan fingerprint density at radius 2 is 1.25 bits per heavy atom. The monoisotopic (exact) mass is 361 g/mol. The van der Waals surface area contributed by atoms with Gasteiger partial charge in [-0.25, -0.2) is 4.98 Å². The van der Waals surface area contributed by atoms with Gasteiger partial charge in [-0.3, -0.25) is 0 Å². The highest BCUT2D eigenvalue weighted by Gasteiger charge is 2.21. The number of fused-ring (bicyclic) bond motifs is 4. The molecule has 1 nitrogen and oxygen atoms in total. The fourth-order valence-electron chi connectivity index (χ4n) is 4.04. The smallest absolute Gasteiger partial charge is 0.0788 e. The van der Waals surface area contributed by atoms with E-state index < -0.39 is 0 Å². The highest BCUT2D eigenvalue weighted by atomic mass is 14.7. The molecule has 1 aromatic heterocycles. The van der Waals surface area contributed by atoms with E-state index in [0.29, 0.717) is 0 Å². The summed E-state index contributed by atoms with van der Waals surface area (Å²) < 4.78 is 0. The summed E-state index contributed by atoms with van der Waals surface area (Å²) in [6.07, 6.45) is 0. The van der Waals surface area contributed by atoms with Gasteiger partial charge in [-0.15, -0.1) is 0 Å². The summed E-state index contributed by atoms with van der Waals surface area (Å²) in [5.74, 6) is 0. The van der Waals surface area contributed by atoms with Crippen molar-refractivity contribution in [1.29, 1.82) is 0 Å². The van der Waals surface area contributed by atoms with Crippen molar-refractivity contribution < 1.29 is 0 Å². The lowest BCUT2D eigenvalue weighted by molar-refractivity contribution is 0.591. The van der Waals surface area contributed by atoms with Crippen molar-refractivity contribution in [3.05, 3.63) is 90.5 Å². The van der Waals surface area contributed by atoms with Crippen molar-refractivity contribution in [1.82, 2.24) is 4.98 Å². The molecule has 1 heterocycles. The average Bonchev–Trinajstić information content (AvgIpc) is 2.71. The molecule has 136 valence electrons. The first-order valence-electron chi connectivity index (χ1n) is 9.83. The Bertz CT molecular complexity index is 1340. The average molecular weight is 361 g/mol. The first kappa shape index (κ1) is 16.9. The summed E-state index contributed by atoms with van der Waals surface area (Å²) >= 11 is 0. The molecule has 5 rings (SSSR count). The highest BCUT2D eigenvalue weighted by Crippen LogP contribution is 2.36. The van der Waals surface area contributed by atoms with E-state index in [-0.39, 0.29) is 5.41 Å². The summed E-state index contributed by atoms with van der Waals surface area (Å²) in [6, 6.07) is 30.4. The number of hydrogen-bond donors (Lipinski definition) is 0. The van der Waals surface area contributed by atoms with Crippen LogP contribution in [0.2, 0.25) is 0 Å². The Balaban J connectivity index is 1.87. The van der Waals surface area contributed by atoms with Crippen LogP contribution in [0.4, 0.5) is 0 Å². The van der Waals surface area contributed by atoms with Gasteiger partial charge in [0.25, 0.3) is 0 Å². The van der Waals surface area contributed by atoms with E-state index >= 15 is 0 Å². The van der Waals surface area contributed by atoms with Gasteiger partial charge in [0.2, 0.25) is 0 Å². The van der Waals surface area contributed by atoms with Gasteiger partial charge in [0, 0.05) is 16.3 Å². The maximum Gasteiger partial charge on any atom is 0.0788 e. The lowest BCUT2D eigenvalue weighted by atomic mass is 9.83. The first-order chi connectivity index (χ1) is 13.5. The SMILES string of the molecule is CC(C)(C)c1cc2ccc3ccccc3c2nc1-c1ccc2ccccc2c1. The zero-order valence-electron chi connectivity index (χ0n) is 16.5.